The first kappa shape index (κ1) is 11.4. The van der Waals surface area contributed by atoms with Crippen molar-refractivity contribution in [1.82, 2.24) is 9.97 Å². The summed E-state index contributed by atoms with van der Waals surface area (Å²) in [6.45, 7) is 1.09. The first-order valence-electron chi connectivity index (χ1n) is 5.49. The highest BCUT2D eigenvalue weighted by Crippen LogP contribution is 2.05. The van der Waals surface area contributed by atoms with Crippen molar-refractivity contribution in [3.05, 3.63) is 60.2 Å². The zero-order valence-corrected chi connectivity index (χ0v) is 9.45. The molecule has 0 atom stereocenters. The lowest BCUT2D eigenvalue weighted by molar-refractivity contribution is 0.972. The Kier molecular flexibility index (Phi) is 3.94. The molecule has 0 saturated carbocycles. The fraction of sp³-hybridized carbons (Fsp3) is 0.154. The second kappa shape index (κ2) is 5.86. The second-order valence-corrected chi connectivity index (χ2v) is 3.45. The Balaban J connectivity index is 2.40. The Morgan fingerprint density at radius 3 is 2.00 bits per heavy atom. The van der Waals surface area contributed by atoms with E-state index >= 15 is 0 Å². The van der Waals surface area contributed by atoms with Gasteiger partial charge in [0.2, 0.25) is 0 Å². The Morgan fingerprint density at radius 1 is 1.00 bits per heavy atom. The van der Waals surface area contributed by atoms with Crippen LogP contribution in [0.5, 0.6) is 0 Å². The van der Waals surface area contributed by atoms with Gasteiger partial charge in [0.15, 0.2) is 0 Å². The van der Waals surface area contributed by atoms with E-state index in [1.807, 2.05) is 36.4 Å². The van der Waals surface area contributed by atoms with Crippen LogP contribution in [0.15, 0.2) is 53.8 Å². The van der Waals surface area contributed by atoms with Crippen molar-refractivity contribution in [1.29, 1.82) is 0 Å². The van der Waals surface area contributed by atoms with E-state index in [9.17, 15) is 0 Å². The first-order valence-corrected chi connectivity index (χ1v) is 5.49. The lowest BCUT2D eigenvalue weighted by Gasteiger charge is -2.04. The summed E-state index contributed by atoms with van der Waals surface area (Å²) in [7, 11) is 0. The molecule has 0 saturated heterocycles. The van der Waals surface area contributed by atoms with Crippen LogP contribution in [-0.4, -0.2) is 28.8 Å². The minimum absolute atomic E-state index is 0.517. The van der Waals surface area contributed by atoms with Crippen molar-refractivity contribution in [2.24, 2.45) is 10.7 Å². The van der Waals surface area contributed by atoms with E-state index in [4.69, 9.17) is 5.73 Å². The second-order valence-electron chi connectivity index (χ2n) is 3.45. The Hall–Kier alpha value is -2.07. The van der Waals surface area contributed by atoms with E-state index in [1.54, 1.807) is 12.4 Å². The van der Waals surface area contributed by atoms with Crippen molar-refractivity contribution in [2.45, 2.75) is 0 Å². The lowest BCUT2D eigenvalue weighted by Crippen LogP contribution is -2.11. The molecular weight excluding hydrogens is 212 g/mol. The van der Waals surface area contributed by atoms with E-state index in [0.717, 1.165) is 17.1 Å². The van der Waals surface area contributed by atoms with Gasteiger partial charge in [-0.2, -0.15) is 0 Å². The van der Waals surface area contributed by atoms with Gasteiger partial charge in [-0.15, -0.1) is 0 Å². The molecule has 4 heteroatoms. The fourth-order valence-electron chi connectivity index (χ4n) is 1.48. The molecule has 86 valence electrons. The van der Waals surface area contributed by atoms with Gasteiger partial charge in [-0.3, -0.25) is 15.0 Å². The SMILES string of the molecule is NCCN=C(c1ccccn1)c1ccccn1. The minimum atomic E-state index is 0.517. The summed E-state index contributed by atoms with van der Waals surface area (Å²) in [4.78, 5) is 13.0. The molecule has 2 heterocycles. The monoisotopic (exact) mass is 226 g/mol. The van der Waals surface area contributed by atoms with Crippen LogP contribution < -0.4 is 5.73 Å². The largest absolute Gasteiger partial charge is 0.329 e. The van der Waals surface area contributed by atoms with Gasteiger partial charge in [0.25, 0.3) is 0 Å². The molecule has 2 aromatic rings. The molecule has 0 fully saturated rings. The highest BCUT2D eigenvalue weighted by atomic mass is 14.8. The Labute approximate surface area is 100 Å². The van der Waals surface area contributed by atoms with Gasteiger partial charge < -0.3 is 5.73 Å². The summed E-state index contributed by atoms with van der Waals surface area (Å²) < 4.78 is 0. The zero-order valence-electron chi connectivity index (χ0n) is 9.45. The molecule has 4 nitrogen and oxygen atoms in total. The van der Waals surface area contributed by atoms with Crippen LogP contribution in [0.4, 0.5) is 0 Å². The molecular formula is C13H14N4. The van der Waals surface area contributed by atoms with Gasteiger partial charge in [0, 0.05) is 18.9 Å². The minimum Gasteiger partial charge on any atom is -0.329 e. The number of aromatic nitrogens is 2. The van der Waals surface area contributed by atoms with Gasteiger partial charge in [0.05, 0.1) is 17.9 Å². The molecule has 2 aromatic heterocycles. The summed E-state index contributed by atoms with van der Waals surface area (Å²) in [5.74, 6) is 0. The number of pyridine rings is 2. The first-order chi connectivity index (χ1) is 8.42. The molecule has 0 aromatic carbocycles. The normalized spacial score (nSPS) is 9.94. The van der Waals surface area contributed by atoms with Crippen LogP contribution >= 0.6 is 0 Å². The van der Waals surface area contributed by atoms with Crippen LogP contribution in [-0.2, 0) is 0 Å². The van der Waals surface area contributed by atoms with E-state index < -0.39 is 0 Å². The number of nitrogens with two attached hydrogens (primary N) is 1. The van der Waals surface area contributed by atoms with Crippen molar-refractivity contribution in [2.75, 3.05) is 13.1 Å². The Morgan fingerprint density at radius 2 is 1.59 bits per heavy atom. The maximum absolute atomic E-state index is 5.49. The predicted octanol–water partition coefficient (Wildman–Crippen LogP) is 1.27. The Bertz CT molecular complexity index is 438. The average molecular weight is 226 g/mol. The van der Waals surface area contributed by atoms with E-state index in [0.29, 0.717) is 13.1 Å². The average Bonchev–Trinajstić information content (AvgIpc) is 2.42. The number of hydrogen-bond donors (Lipinski definition) is 1. The third-order valence-electron chi connectivity index (χ3n) is 2.21. The summed E-state index contributed by atoms with van der Waals surface area (Å²) >= 11 is 0. The fourth-order valence-corrected chi connectivity index (χ4v) is 1.48. The van der Waals surface area contributed by atoms with Crippen LogP contribution in [0.2, 0.25) is 0 Å². The molecule has 0 amide bonds. The molecule has 0 aliphatic carbocycles. The van der Waals surface area contributed by atoms with Crippen molar-refractivity contribution in [3.63, 3.8) is 0 Å². The molecule has 0 radical (unpaired) electrons. The molecule has 17 heavy (non-hydrogen) atoms. The van der Waals surface area contributed by atoms with Gasteiger partial charge >= 0.3 is 0 Å². The lowest BCUT2D eigenvalue weighted by atomic mass is 10.1. The molecule has 2 N–H and O–H groups in total. The van der Waals surface area contributed by atoms with Crippen LogP contribution in [0, 0.1) is 0 Å². The van der Waals surface area contributed by atoms with Crippen LogP contribution in [0.1, 0.15) is 11.4 Å². The molecule has 0 unspecified atom stereocenters. The molecule has 0 aliphatic rings. The van der Waals surface area contributed by atoms with Gasteiger partial charge in [-0.25, -0.2) is 0 Å². The maximum atomic E-state index is 5.49. The number of rotatable bonds is 4. The molecule has 0 spiro atoms. The summed E-state index contributed by atoms with van der Waals surface area (Å²) in [6, 6.07) is 11.5. The van der Waals surface area contributed by atoms with E-state index in [-0.39, 0.29) is 0 Å². The quantitative estimate of drug-likeness (QED) is 0.798. The standard InChI is InChI=1S/C13H14N4/c14-7-10-17-13(11-5-1-3-8-15-11)12-6-2-4-9-16-12/h1-6,8-9H,7,10,14H2. The predicted molar refractivity (Wildman–Crippen MR) is 68.0 cm³/mol. The number of aliphatic imine (C=N–C) groups is 1. The van der Waals surface area contributed by atoms with Crippen LogP contribution in [0.25, 0.3) is 0 Å². The van der Waals surface area contributed by atoms with Crippen molar-refractivity contribution in [3.8, 4) is 0 Å². The number of nitrogens with zero attached hydrogens (tertiary/aromatic N) is 3. The van der Waals surface area contributed by atoms with E-state index in [2.05, 4.69) is 15.0 Å². The van der Waals surface area contributed by atoms with Crippen molar-refractivity contribution >= 4 is 5.71 Å². The molecule has 0 aliphatic heterocycles. The molecule has 0 bridgehead atoms. The van der Waals surface area contributed by atoms with Crippen molar-refractivity contribution < 1.29 is 0 Å². The van der Waals surface area contributed by atoms with E-state index in [1.165, 1.54) is 0 Å². The third-order valence-corrected chi connectivity index (χ3v) is 2.21. The van der Waals surface area contributed by atoms with Gasteiger partial charge in [-0.1, -0.05) is 12.1 Å². The highest BCUT2D eigenvalue weighted by Gasteiger charge is 2.07. The maximum Gasteiger partial charge on any atom is 0.109 e. The third kappa shape index (κ3) is 2.95. The van der Waals surface area contributed by atoms with Gasteiger partial charge in [0.1, 0.15) is 5.71 Å². The van der Waals surface area contributed by atoms with Gasteiger partial charge in [-0.05, 0) is 24.3 Å². The highest BCUT2D eigenvalue weighted by molar-refractivity contribution is 6.10. The number of hydrogen-bond acceptors (Lipinski definition) is 4. The summed E-state index contributed by atoms with van der Waals surface area (Å²) in [6.07, 6.45) is 3.49. The summed E-state index contributed by atoms with van der Waals surface area (Å²) in [5, 5.41) is 0. The van der Waals surface area contributed by atoms with Crippen LogP contribution in [0.3, 0.4) is 0 Å². The smallest absolute Gasteiger partial charge is 0.109 e. The summed E-state index contributed by atoms with van der Waals surface area (Å²) in [5.41, 5.74) is 7.91. The zero-order chi connectivity index (χ0) is 11.9. The molecule has 2 rings (SSSR count). The topological polar surface area (TPSA) is 64.2 Å².